The second-order valence-corrected chi connectivity index (χ2v) is 6.54. The smallest absolute Gasteiger partial charge is 0.227 e. The van der Waals surface area contributed by atoms with Gasteiger partial charge in [0.2, 0.25) is 17.6 Å². The first-order valence-electron chi connectivity index (χ1n) is 9.41. The van der Waals surface area contributed by atoms with E-state index in [-0.39, 0.29) is 5.91 Å². The Bertz CT molecular complexity index is 710. The molecule has 8 nitrogen and oxygen atoms in total. The summed E-state index contributed by atoms with van der Waals surface area (Å²) in [5.41, 5.74) is 0.850. The number of carbonyl (C=O) groups is 1. The molecule has 3 rings (SSSR count). The van der Waals surface area contributed by atoms with E-state index in [0.29, 0.717) is 31.1 Å². The Hall–Kier alpha value is -2.45. The highest BCUT2D eigenvalue weighted by Gasteiger charge is 2.12. The number of hydrogen-bond acceptors (Lipinski definition) is 7. The van der Waals surface area contributed by atoms with E-state index in [4.69, 9.17) is 9.26 Å². The topological polar surface area (TPSA) is 92.5 Å². The number of aromatic nitrogens is 2. The van der Waals surface area contributed by atoms with Crippen LogP contribution in [0.5, 0.6) is 5.75 Å². The van der Waals surface area contributed by atoms with E-state index in [1.54, 1.807) is 7.11 Å². The maximum absolute atomic E-state index is 12.0. The van der Waals surface area contributed by atoms with Gasteiger partial charge in [0.1, 0.15) is 5.75 Å². The van der Waals surface area contributed by atoms with Gasteiger partial charge in [-0.15, -0.1) is 0 Å². The van der Waals surface area contributed by atoms with Gasteiger partial charge in [-0.25, -0.2) is 0 Å². The predicted octanol–water partition coefficient (Wildman–Crippen LogP) is 1.09. The highest BCUT2D eigenvalue weighted by molar-refractivity contribution is 5.75. The van der Waals surface area contributed by atoms with Crippen molar-refractivity contribution in [2.24, 2.45) is 0 Å². The zero-order valence-corrected chi connectivity index (χ0v) is 15.7. The largest absolute Gasteiger partial charge is 0.497 e. The fraction of sp³-hybridized carbons (Fsp3) is 0.526. The van der Waals surface area contributed by atoms with E-state index in [0.717, 1.165) is 50.5 Å². The van der Waals surface area contributed by atoms with Gasteiger partial charge in [0.05, 0.1) is 7.11 Å². The van der Waals surface area contributed by atoms with Crippen molar-refractivity contribution < 1.29 is 14.1 Å². The fourth-order valence-electron chi connectivity index (χ4n) is 2.99. The molecule has 0 saturated carbocycles. The third-order valence-electron chi connectivity index (χ3n) is 4.57. The summed E-state index contributed by atoms with van der Waals surface area (Å²) in [7, 11) is 1.62. The number of aryl methyl sites for hydroxylation is 1. The third kappa shape index (κ3) is 6.04. The molecule has 27 heavy (non-hydrogen) atoms. The van der Waals surface area contributed by atoms with Gasteiger partial charge in [-0.3, -0.25) is 4.79 Å². The van der Waals surface area contributed by atoms with E-state index in [1.807, 2.05) is 24.3 Å². The summed E-state index contributed by atoms with van der Waals surface area (Å²) in [5.74, 6) is 1.77. The first-order valence-corrected chi connectivity index (χ1v) is 9.41. The summed E-state index contributed by atoms with van der Waals surface area (Å²) < 4.78 is 10.4. The number of amides is 1. The maximum atomic E-state index is 12.0. The summed E-state index contributed by atoms with van der Waals surface area (Å²) >= 11 is 0. The van der Waals surface area contributed by atoms with Crippen molar-refractivity contribution in [3.05, 3.63) is 30.2 Å². The maximum Gasteiger partial charge on any atom is 0.227 e. The fourth-order valence-corrected chi connectivity index (χ4v) is 2.99. The Morgan fingerprint density at radius 1 is 1.30 bits per heavy atom. The molecule has 1 aliphatic rings. The van der Waals surface area contributed by atoms with Crippen molar-refractivity contribution in [3.8, 4) is 17.1 Å². The zero-order chi connectivity index (χ0) is 18.9. The predicted molar refractivity (Wildman–Crippen MR) is 102 cm³/mol. The number of ether oxygens (including phenoxy) is 1. The second-order valence-electron chi connectivity index (χ2n) is 6.54. The molecule has 1 aromatic carbocycles. The molecule has 1 aliphatic heterocycles. The summed E-state index contributed by atoms with van der Waals surface area (Å²) in [5, 5.41) is 10.3. The van der Waals surface area contributed by atoms with Crippen LogP contribution in [0, 0.1) is 0 Å². The number of nitrogens with zero attached hydrogens (tertiary/aromatic N) is 3. The lowest BCUT2D eigenvalue weighted by Gasteiger charge is -2.27. The normalized spacial score (nSPS) is 14.9. The van der Waals surface area contributed by atoms with Gasteiger partial charge in [-0.2, -0.15) is 4.98 Å². The third-order valence-corrected chi connectivity index (χ3v) is 4.57. The van der Waals surface area contributed by atoms with Gasteiger partial charge in [-0.05, 0) is 37.2 Å². The van der Waals surface area contributed by atoms with Crippen LogP contribution in [0.4, 0.5) is 0 Å². The number of hydrogen-bond donors (Lipinski definition) is 2. The molecule has 0 atom stereocenters. The zero-order valence-electron chi connectivity index (χ0n) is 15.7. The number of nitrogens with one attached hydrogen (secondary N) is 2. The summed E-state index contributed by atoms with van der Waals surface area (Å²) in [6.45, 7) is 5.99. The lowest BCUT2D eigenvalue weighted by atomic mass is 10.2. The molecule has 1 amide bonds. The Morgan fingerprint density at radius 3 is 2.81 bits per heavy atom. The Balaban J connectivity index is 1.35. The van der Waals surface area contributed by atoms with Gasteiger partial charge in [0.25, 0.3) is 0 Å². The second kappa shape index (κ2) is 10.0. The van der Waals surface area contributed by atoms with Crippen LogP contribution >= 0.6 is 0 Å². The molecule has 146 valence electrons. The van der Waals surface area contributed by atoms with Crippen molar-refractivity contribution in [1.82, 2.24) is 25.7 Å². The van der Waals surface area contributed by atoms with Crippen molar-refractivity contribution in [3.63, 3.8) is 0 Å². The Kier molecular flexibility index (Phi) is 7.18. The summed E-state index contributed by atoms with van der Waals surface area (Å²) in [6, 6.07) is 7.44. The standard InChI is InChI=1S/C19H27N5O3/c1-26-16-5-3-15(4-6-16)19-22-18(27-23-19)8-7-17(25)21-9-2-12-24-13-10-20-11-14-24/h3-6,20H,2,7-14H2,1H3,(H,21,25). The van der Waals surface area contributed by atoms with Crippen molar-refractivity contribution >= 4 is 5.91 Å². The van der Waals surface area contributed by atoms with Crippen LogP contribution in [0.2, 0.25) is 0 Å². The average molecular weight is 373 g/mol. The molecule has 2 N–H and O–H groups in total. The highest BCUT2D eigenvalue weighted by Crippen LogP contribution is 2.19. The first-order chi connectivity index (χ1) is 13.2. The molecule has 0 radical (unpaired) electrons. The average Bonchev–Trinajstić information content (AvgIpc) is 3.19. The first kappa shape index (κ1) is 19.3. The molecule has 0 unspecified atom stereocenters. The number of piperazine rings is 1. The van der Waals surface area contributed by atoms with Crippen molar-refractivity contribution in [1.29, 1.82) is 0 Å². The molecule has 0 bridgehead atoms. The number of rotatable bonds is 9. The Morgan fingerprint density at radius 2 is 2.07 bits per heavy atom. The number of benzene rings is 1. The van der Waals surface area contributed by atoms with Crippen molar-refractivity contribution in [2.75, 3.05) is 46.4 Å². The van der Waals surface area contributed by atoms with Crippen LogP contribution in [-0.2, 0) is 11.2 Å². The molecule has 2 heterocycles. The molecule has 1 saturated heterocycles. The van der Waals surface area contributed by atoms with Gasteiger partial charge in [-0.1, -0.05) is 5.16 Å². The molecular weight excluding hydrogens is 346 g/mol. The monoisotopic (exact) mass is 373 g/mol. The quantitative estimate of drug-likeness (QED) is 0.636. The molecule has 1 aromatic heterocycles. The van der Waals surface area contributed by atoms with Crippen LogP contribution in [-0.4, -0.2) is 67.3 Å². The van der Waals surface area contributed by atoms with Crippen LogP contribution in [0.15, 0.2) is 28.8 Å². The van der Waals surface area contributed by atoms with Gasteiger partial charge < -0.3 is 24.8 Å². The minimum Gasteiger partial charge on any atom is -0.497 e. The minimum atomic E-state index is 0.0134. The molecule has 0 spiro atoms. The van der Waals surface area contributed by atoms with Crippen LogP contribution in [0.3, 0.4) is 0 Å². The molecule has 8 heteroatoms. The van der Waals surface area contributed by atoms with Crippen LogP contribution in [0.1, 0.15) is 18.7 Å². The van der Waals surface area contributed by atoms with Crippen molar-refractivity contribution in [2.45, 2.75) is 19.3 Å². The summed E-state index contributed by atoms with van der Waals surface area (Å²) in [4.78, 5) is 18.7. The lowest BCUT2D eigenvalue weighted by Crippen LogP contribution is -2.44. The molecule has 0 aliphatic carbocycles. The summed E-state index contributed by atoms with van der Waals surface area (Å²) in [6.07, 6.45) is 1.75. The number of carbonyl (C=O) groups excluding carboxylic acids is 1. The van der Waals surface area contributed by atoms with E-state index in [1.165, 1.54) is 0 Å². The highest BCUT2D eigenvalue weighted by atomic mass is 16.5. The lowest BCUT2D eigenvalue weighted by molar-refractivity contribution is -0.121. The van der Waals surface area contributed by atoms with E-state index < -0.39 is 0 Å². The molecule has 2 aromatic rings. The van der Waals surface area contributed by atoms with E-state index in [9.17, 15) is 4.79 Å². The molecular formula is C19H27N5O3. The van der Waals surface area contributed by atoms with Gasteiger partial charge in [0.15, 0.2) is 0 Å². The van der Waals surface area contributed by atoms with E-state index >= 15 is 0 Å². The number of methoxy groups -OCH3 is 1. The Labute approximate surface area is 159 Å². The van der Waals surface area contributed by atoms with Crippen LogP contribution in [0.25, 0.3) is 11.4 Å². The molecule has 1 fully saturated rings. The van der Waals surface area contributed by atoms with Crippen LogP contribution < -0.4 is 15.4 Å². The van der Waals surface area contributed by atoms with Gasteiger partial charge in [0, 0.05) is 51.1 Å². The SMILES string of the molecule is COc1ccc(-c2noc(CCC(=O)NCCCN3CCNCC3)n2)cc1. The van der Waals surface area contributed by atoms with E-state index in [2.05, 4.69) is 25.7 Å². The van der Waals surface area contributed by atoms with Gasteiger partial charge >= 0.3 is 0 Å². The minimum absolute atomic E-state index is 0.0134.